The highest BCUT2D eigenvalue weighted by Crippen LogP contribution is 2.20. The van der Waals surface area contributed by atoms with Gasteiger partial charge in [0, 0.05) is 43.9 Å². The summed E-state index contributed by atoms with van der Waals surface area (Å²) in [5, 5.41) is 0. The lowest BCUT2D eigenvalue weighted by Gasteiger charge is -2.07. The van der Waals surface area contributed by atoms with E-state index in [2.05, 4.69) is 19.5 Å². The van der Waals surface area contributed by atoms with Crippen LogP contribution in [0.25, 0.3) is 16.9 Å². The molecule has 0 spiro atoms. The molecule has 0 saturated heterocycles. The van der Waals surface area contributed by atoms with Crippen LogP contribution in [0.3, 0.4) is 0 Å². The second-order valence-electron chi connectivity index (χ2n) is 6.21. The Kier molecular flexibility index (Phi) is 3.38. The minimum atomic E-state index is -0.459. The van der Waals surface area contributed by atoms with Crippen LogP contribution >= 0.6 is 0 Å². The molecule has 130 valence electrons. The molecule has 0 fully saturated rings. The Morgan fingerprint density at radius 1 is 1.16 bits per heavy atom. The zero-order valence-electron chi connectivity index (χ0n) is 14.4. The molecule has 9 nitrogen and oxygen atoms in total. The molecule has 4 rings (SSSR count). The van der Waals surface area contributed by atoms with Crippen molar-refractivity contribution < 1.29 is 0 Å². The number of rotatable bonds is 4. The van der Waals surface area contributed by atoms with Crippen LogP contribution in [0.15, 0.2) is 28.3 Å². The number of nitrogens with one attached hydrogen (secondary N) is 1. The summed E-state index contributed by atoms with van der Waals surface area (Å²) in [7, 11) is 1.61. The molecule has 0 aromatic carbocycles. The molecular formula is C16H19N7O2. The van der Waals surface area contributed by atoms with Gasteiger partial charge in [-0.1, -0.05) is 0 Å². The highest BCUT2D eigenvalue weighted by Gasteiger charge is 2.20. The van der Waals surface area contributed by atoms with Crippen LogP contribution in [-0.4, -0.2) is 33.1 Å². The Morgan fingerprint density at radius 2 is 1.96 bits per heavy atom. The molecule has 0 radical (unpaired) electrons. The Morgan fingerprint density at radius 3 is 2.68 bits per heavy atom. The normalized spacial score (nSPS) is 11.8. The van der Waals surface area contributed by atoms with Gasteiger partial charge in [-0.2, -0.15) is 4.98 Å². The monoisotopic (exact) mass is 341 g/mol. The first-order chi connectivity index (χ1) is 12.0. The van der Waals surface area contributed by atoms with E-state index in [1.54, 1.807) is 19.6 Å². The third-order valence-electron chi connectivity index (χ3n) is 4.76. The first-order valence-corrected chi connectivity index (χ1v) is 8.12. The number of aryl methyl sites for hydroxylation is 4. The molecular weight excluding hydrogens is 322 g/mol. The molecule has 0 aliphatic rings. The number of hydrogen-bond donors (Lipinski definition) is 1. The minimum Gasteiger partial charge on any atom is -0.337 e. The second kappa shape index (κ2) is 5.47. The number of aromatic nitrogens is 7. The van der Waals surface area contributed by atoms with Crippen LogP contribution in [0.2, 0.25) is 0 Å². The molecule has 0 atom stereocenters. The maximum absolute atomic E-state index is 12.3. The van der Waals surface area contributed by atoms with E-state index < -0.39 is 11.2 Å². The zero-order chi connectivity index (χ0) is 17.7. The topological polar surface area (TPSA) is 94.9 Å². The molecule has 1 N–H and O–H groups in total. The maximum atomic E-state index is 12.3. The average Bonchev–Trinajstić information content (AvgIpc) is 3.27. The molecule has 9 heteroatoms. The summed E-state index contributed by atoms with van der Waals surface area (Å²) in [5.74, 6) is 0.683. The van der Waals surface area contributed by atoms with Crippen LogP contribution in [-0.2, 0) is 20.1 Å². The van der Waals surface area contributed by atoms with E-state index in [4.69, 9.17) is 0 Å². The molecule has 0 aliphatic heterocycles. The molecule has 4 aromatic rings. The Labute approximate surface area is 142 Å². The Balaban J connectivity index is 1.84. The standard InChI is InChI=1S/C16H19N7O2/c1-10-11(2)23-12-13(20(3)16(25)19-14(12)24)18-15(23)22(10)7-4-6-21-8-5-17-9-21/h5,8-9H,4,6-7H2,1-3H3,(H,19,24,25). The van der Waals surface area contributed by atoms with E-state index in [0.717, 1.165) is 30.9 Å². The van der Waals surface area contributed by atoms with Gasteiger partial charge in [0.25, 0.3) is 5.56 Å². The Hall–Kier alpha value is -3.10. The summed E-state index contributed by atoms with van der Waals surface area (Å²) in [4.78, 5) is 35.1. The third-order valence-corrected chi connectivity index (χ3v) is 4.76. The highest BCUT2D eigenvalue weighted by molar-refractivity contribution is 5.76. The molecule has 4 heterocycles. The van der Waals surface area contributed by atoms with Gasteiger partial charge in [-0.3, -0.25) is 18.7 Å². The zero-order valence-corrected chi connectivity index (χ0v) is 14.4. The summed E-state index contributed by atoms with van der Waals surface area (Å²) in [6.07, 6.45) is 6.39. The second-order valence-corrected chi connectivity index (χ2v) is 6.21. The van der Waals surface area contributed by atoms with Crippen molar-refractivity contribution in [1.29, 1.82) is 0 Å². The lowest BCUT2D eigenvalue weighted by atomic mass is 10.3. The van der Waals surface area contributed by atoms with Gasteiger partial charge in [-0.05, 0) is 20.3 Å². The number of hydrogen-bond acceptors (Lipinski definition) is 4. The van der Waals surface area contributed by atoms with Gasteiger partial charge < -0.3 is 9.13 Å². The number of fused-ring (bicyclic) bond motifs is 3. The molecule has 0 amide bonds. The van der Waals surface area contributed by atoms with Crippen molar-refractivity contribution in [2.45, 2.75) is 33.4 Å². The minimum absolute atomic E-state index is 0.398. The van der Waals surface area contributed by atoms with Crippen molar-refractivity contribution in [3.05, 3.63) is 50.9 Å². The van der Waals surface area contributed by atoms with E-state index in [-0.39, 0.29) is 0 Å². The van der Waals surface area contributed by atoms with Crippen LogP contribution in [0.4, 0.5) is 0 Å². The van der Waals surface area contributed by atoms with Crippen LogP contribution in [0.5, 0.6) is 0 Å². The van der Waals surface area contributed by atoms with E-state index in [1.165, 1.54) is 4.57 Å². The summed E-state index contributed by atoms with van der Waals surface area (Å²) in [6, 6.07) is 0. The largest absolute Gasteiger partial charge is 0.337 e. The fourth-order valence-corrected chi connectivity index (χ4v) is 3.27. The van der Waals surface area contributed by atoms with Gasteiger partial charge in [0.2, 0.25) is 5.78 Å². The molecule has 0 aliphatic carbocycles. The quantitative estimate of drug-likeness (QED) is 0.587. The number of H-pyrrole nitrogens is 1. The van der Waals surface area contributed by atoms with E-state index in [9.17, 15) is 9.59 Å². The number of imidazole rings is 3. The lowest BCUT2D eigenvalue weighted by Crippen LogP contribution is -2.28. The maximum Gasteiger partial charge on any atom is 0.329 e. The fourth-order valence-electron chi connectivity index (χ4n) is 3.27. The smallest absolute Gasteiger partial charge is 0.329 e. The van der Waals surface area contributed by atoms with Gasteiger partial charge in [-0.15, -0.1) is 0 Å². The Bertz CT molecular complexity index is 1190. The summed E-state index contributed by atoms with van der Waals surface area (Å²) in [5.41, 5.74) is 1.94. The molecule has 0 unspecified atom stereocenters. The third kappa shape index (κ3) is 2.23. The van der Waals surface area contributed by atoms with Crippen molar-refractivity contribution in [1.82, 2.24) is 33.1 Å². The molecule has 0 saturated carbocycles. The van der Waals surface area contributed by atoms with Gasteiger partial charge in [-0.25, -0.2) is 9.78 Å². The van der Waals surface area contributed by atoms with Gasteiger partial charge >= 0.3 is 5.69 Å². The van der Waals surface area contributed by atoms with E-state index in [1.807, 2.05) is 29.0 Å². The molecule has 4 aromatic heterocycles. The predicted octanol–water partition coefficient (Wildman–Crippen LogP) is 0.580. The van der Waals surface area contributed by atoms with Gasteiger partial charge in [0.1, 0.15) is 0 Å². The van der Waals surface area contributed by atoms with E-state index in [0.29, 0.717) is 16.9 Å². The van der Waals surface area contributed by atoms with Crippen molar-refractivity contribution in [3.8, 4) is 0 Å². The van der Waals surface area contributed by atoms with Crippen LogP contribution < -0.4 is 11.2 Å². The van der Waals surface area contributed by atoms with Crippen molar-refractivity contribution in [2.24, 2.45) is 7.05 Å². The van der Waals surface area contributed by atoms with Crippen LogP contribution in [0.1, 0.15) is 17.8 Å². The lowest BCUT2D eigenvalue weighted by molar-refractivity contribution is 0.563. The van der Waals surface area contributed by atoms with Crippen molar-refractivity contribution >= 4 is 16.9 Å². The first kappa shape index (κ1) is 15.4. The predicted molar refractivity (Wildman–Crippen MR) is 92.9 cm³/mol. The highest BCUT2D eigenvalue weighted by atomic mass is 16.2. The number of aromatic amines is 1. The number of nitrogens with zero attached hydrogens (tertiary/aromatic N) is 6. The van der Waals surface area contributed by atoms with Gasteiger partial charge in [0.05, 0.1) is 6.33 Å². The fraction of sp³-hybridized carbons (Fsp3) is 0.375. The first-order valence-electron chi connectivity index (χ1n) is 8.12. The van der Waals surface area contributed by atoms with Crippen molar-refractivity contribution in [2.75, 3.05) is 0 Å². The molecule has 25 heavy (non-hydrogen) atoms. The molecule has 0 bridgehead atoms. The summed E-state index contributed by atoms with van der Waals surface area (Å²) in [6.45, 7) is 5.59. The van der Waals surface area contributed by atoms with Gasteiger partial charge in [0.15, 0.2) is 11.2 Å². The van der Waals surface area contributed by atoms with E-state index >= 15 is 0 Å². The van der Waals surface area contributed by atoms with Crippen LogP contribution in [0, 0.1) is 13.8 Å². The summed E-state index contributed by atoms with van der Waals surface area (Å²) < 4.78 is 7.32. The summed E-state index contributed by atoms with van der Waals surface area (Å²) >= 11 is 0. The average molecular weight is 341 g/mol. The van der Waals surface area contributed by atoms with Crippen molar-refractivity contribution in [3.63, 3.8) is 0 Å². The SMILES string of the molecule is Cc1c(C)n2c3c(=O)[nH]c(=O)n(C)c3nc2n1CCCn1ccnc1.